The van der Waals surface area contributed by atoms with E-state index in [9.17, 15) is 0 Å². The Bertz CT molecular complexity index is 164. The van der Waals surface area contributed by atoms with Crippen LogP contribution in [0, 0.1) is 0 Å². The van der Waals surface area contributed by atoms with Gasteiger partial charge in [0.05, 0.1) is 0 Å². The first-order valence-corrected chi connectivity index (χ1v) is 21.3. The van der Waals surface area contributed by atoms with Crippen molar-refractivity contribution in [1.29, 1.82) is 0 Å². The molecule has 0 atom stereocenters. The van der Waals surface area contributed by atoms with Crippen LogP contribution in [-0.2, 0) is 8.85 Å². The van der Waals surface area contributed by atoms with Crippen LogP contribution in [0.1, 0.15) is 0 Å². The molecule has 0 bridgehead atoms. The molecule has 6 heteroatoms. The minimum atomic E-state index is -1.13. The first kappa shape index (κ1) is 28.9. The molecular formula is C14H44O2Si4. The van der Waals surface area contributed by atoms with Gasteiger partial charge in [-0.15, -0.1) is 0 Å². The summed E-state index contributed by atoms with van der Waals surface area (Å²) >= 11 is 0. The lowest BCUT2D eigenvalue weighted by atomic mass is 11.8. The molecular weight excluding hydrogens is 312 g/mol. The largest absolute Gasteiger partial charge is 0.424 e. The van der Waals surface area contributed by atoms with Crippen LogP contribution in [0.5, 0.6) is 0 Å². The van der Waals surface area contributed by atoms with Crippen molar-refractivity contribution in [2.75, 3.05) is 14.2 Å². The van der Waals surface area contributed by atoms with Crippen LogP contribution in [0.25, 0.3) is 0 Å². The highest BCUT2D eigenvalue weighted by Gasteiger charge is 2.09. The van der Waals surface area contributed by atoms with E-state index >= 15 is 0 Å². The second-order valence-electron chi connectivity index (χ2n) is 8.33. The third-order valence-electron chi connectivity index (χ3n) is 1.08. The molecule has 0 aromatic heterocycles. The zero-order valence-electron chi connectivity index (χ0n) is 17.0. The molecule has 128 valence electrons. The van der Waals surface area contributed by atoms with Crippen LogP contribution in [-0.4, -0.2) is 48.4 Å². The molecule has 0 fully saturated rings. The molecule has 0 aliphatic carbocycles. The molecule has 0 aromatic carbocycles. The van der Waals surface area contributed by atoms with E-state index in [1.54, 1.807) is 14.2 Å². The summed E-state index contributed by atoms with van der Waals surface area (Å²) in [6.07, 6.45) is 0. The van der Waals surface area contributed by atoms with Crippen LogP contribution in [0.2, 0.25) is 78.6 Å². The van der Waals surface area contributed by atoms with E-state index < -0.39 is 25.4 Å². The molecule has 0 unspecified atom stereocenters. The summed E-state index contributed by atoms with van der Waals surface area (Å²) < 4.78 is 9.97. The summed E-state index contributed by atoms with van der Waals surface area (Å²) in [5.74, 6) is 0. The summed E-state index contributed by atoms with van der Waals surface area (Å²) in [5.41, 5.74) is 0. The van der Waals surface area contributed by atoms with Crippen molar-refractivity contribution in [3.8, 4) is 0 Å². The smallest absolute Gasteiger partial charge is 0.183 e. The lowest BCUT2D eigenvalue weighted by Gasteiger charge is -2.10. The SMILES string of the molecule is CO[SiH](C)C.CO[Si](C)(C)C.C[SiH](C)C.C[Si](C)(C)C. The Labute approximate surface area is 136 Å². The topological polar surface area (TPSA) is 18.5 Å². The Morgan fingerprint density at radius 2 is 0.750 bits per heavy atom. The van der Waals surface area contributed by atoms with E-state index in [0.717, 1.165) is 0 Å². The maximum absolute atomic E-state index is 5.08. The van der Waals surface area contributed by atoms with Crippen molar-refractivity contribution in [1.82, 2.24) is 0 Å². The standard InChI is InChI=1S/C4H12OSi.C4H12Si.C3H10OSi.C3H10Si/c1-5-6(2,3)4;1-5(2,3)4;1-4-5(2)3;1-4(2)3/h1-4H3;1-4H3;5H,1-3H3;4H,1-3H3. The molecule has 0 spiro atoms. The zero-order chi connectivity index (χ0) is 17.6. The summed E-state index contributed by atoms with van der Waals surface area (Å²) in [7, 11) is 1.000. The molecule has 0 heterocycles. The van der Waals surface area contributed by atoms with Crippen molar-refractivity contribution >= 4 is 34.2 Å². The Morgan fingerprint density at radius 1 is 0.650 bits per heavy atom. The van der Waals surface area contributed by atoms with Gasteiger partial charge in [-0.2, -0.15) is 0 Å². The molecule has 0 rings (SSSR count). The minimum Gasteiger partial charge on any atom is -0.424 e. The fourth-order valence-corrected chi connectivity index (χ4v) is 0. The van der Waals surface area contributed by atoms with Crippen molar-refractivity contribution < 1.29 is 8.85 Å². The Hall–Kier alpha value is 0.788. The normalized spacial score (nSPS) is 10.8. The summed E-state index contributed by atoms with van der Waals surface area (Å²) in [5, 5.41) is 0. The molecule has 0 aromatic rings. The van der Waals surface area contributed by atoms with Crippen LogP contribution >= 0.6 is 0 Å². The summed E-state index contributed by atoms with van der Waals surface area (Å²) in [6, 6.07) is 0. The van der Waals surface area contributed by atoms with Gasteiger partial charge in [0.25, 0.3) is 0 Å². The van der Waals surface area contributed by atoms with E-state index in [-0.39, 0.29) is 8.80 Å². The van der Waals surface area contributed by atoms with Crippen molar-refractivity contribution in [3.05, 3.63) is 0 Å². The molecule has 0 saturated carbocycles. The highest BCUT2D eigenvalue weighted by Crippen LogP contribution is 1.97. The average molecular weight is 357 g/mol. The molecule has 2 nitrogen and oxygen atoms in total. The molecule has 0 amide bonds. The quantitative estimate of drug-likeness (QED) is 0.638. The zero-order valence-corrected chi connectivity index (χ0v) is 21.3. The van der Waals surface area contributed by atoms with Gasteiger partial charge in [0.2, 0.25) is 0 Å². The van der Waals surface area contributed by atoms with Crippen molar-refractivity contribution in [2.45, 2.75) is 78.6 Å². The lowest BCUT2D eigenvalue weighted by Crippen LogP contribution is -2.22. The second-order valence-corrected chi connectivity index (χ2v) is 25.0. The van der Waals surface area contributed by atoms with Gasteiger partial charge in [-0.3, -0.25) is 0 Å². The highest BCUT2D eigenvalue weighted by molar-refractivity contribution is 6.74. The third-order valence-corrected chi connectivity index (χ3v) is 3.25. The van der Waals surface area contributed by atoms with Crippen molar-refractivity contribution in [3.63, 3.8) is 0 Å². The summed E-state index contributed by atoms with van der Waals surface area (Å²) in [6.45, 7) is 27.0. The lowest BCUT2D eigenvalue weighted by molar-refractivity contribution is 0.411. The van der Waals surface area contributed by atoms with E-state index in [2.05, 4.69) is 78.6 Å². The molecule has 0 N–H and O–H groups in total. The van der Waals surface area contributed by atoms with Crippen LogP contribution in [0.3, 0.4) is 0 Å². The molecule has 20 heavy (non-hydrogen) atoms. The minimum absolute atomic E-state index is 0.139. The highest BCUT2D eigenvalue weighted by atomic mass is 28.4. The Balaban J connectivity index is -0.0000000862. The maximum atomic E-state index is 5.08. The van der Waals surface area contributed by atoms with Gasteiger partial charge in [-0.05, 0) is 32.7 Å². The van der Waals surface area contributed by atoms with Gasteiger partial charge in [0.15, 0.2) is 17.4 Å². The number of hydrogen-bond donors (Lipinski definition) is 0. The average Bonchev–Trinajstić information content (AvgIpc) is 2.14. The molecule has 0 saturated heterocycles. The van der Waals surface area contributed by atoms with Gasteiger partial charge in [0.1, 0.15) is 0 Å². The number of hydrogen-bond acceptors (Lipinski definition) is 2. The fourth-order valence-electron chi connectivity index (χ4n) is 0. The number of rotatable bonds is 2. The van der Waals surface area contributed by atoms with Gasteiger partial charge in [-0.1, -0.05) is 45.8 Å². The van der Waals surface area contributed by atoms with Gasteiger partial charge >= 0.3 is 0 Å². The first-order valence-electron chi connectivity index (χ1n) is 7.64. The van der Waals surface area contributed by atoms with Gasteiger partial charge in [-0.25, -0.2) is 0 Å². The molecule has 0 aliphatic heterocycles. The monoisotopic (exact) mass is 356 g/mol. The van der Waals surface area contributed by atoms with Crippen LogP contribution < -0.4 is 0 Å². The summed E-state index contributed by atoms with van der Waals surface area (Å²) in [4.78, 5) is 0. The van der Waals surface area contributed by atoms with Crippen LogP contribution in [0.4, 0.5) is 0 Å². The predicted octanol–water partition coefficient (Wildman–Crippen LogP) is 5.14. The fraction of sp³-hybridized carbons (Fsp3) is 1.00. The van der Waals surface area contributed by atoms with E-state index in [0.29, 0.717) is 0 Å². The van der Waals surface area contributed by atoms with Gasteiger partial charge < -0.3 is 8.85 Å². The van der Waals surface area contributed by atoms with E-state index in [1.165, 1.54) is 0 Å². The van der Waals surface area contributed by atoms with Gasteiger partial charge in [0, 0.05) is 31.1 Å². The molecule has 0 aliphatic rings. The Morgan fingerprint density at radius 3 is 0.750 bits per heavy atom. The predicted molar refractivity (Wildman–Crippen MR) is 110 cm³/mol. The van der Waals surface area contributed by atoms with Crippen LogP contribution in [0.15, 0.2) is 0 Å². The van der Waals surface area contributed by atoms with E-state index in [1.807, 2.05) is 0 Å². The molecule has 0 radical (unpaired) electrons. The maximum Gasteiger partial charge on any atom is 0.183 e. The second kappa shape index (κ2) is 16.2. The third kappa shape index (κ3) is 177. The van der Waals surface area contributed by atoms with E-state index in [4.69, 9.17) is 8.85 Å². The first-order chi connectivity index (χ1) is 8.56. The van der Waals surface area contributed by atoms with Crippen molar-refractivity contribution in [2.24, 2.45) is 0 Å². The Kier molecular flexibility index (Phi) is 23.3.